The Labute approximate surface area is 103 Å². The maximum Gasteiger partial charge on any atom is 0.284 e. The van der Waals surface area contributed by atoms with Crippen molar-refractivity contribution in [1.29, 1.82) is 0 Å². The molecule has 2 rings (SSSR count). The highest BCUT2D eigenvalue weighted by Crippen LogP contribution is 2.18. The van der Waals surface area contributed by atoms with Gasteiger partial charge in [0.25, 0.3) is 10.0 Å². The van der Waals surface area contributed by atoms with Crippen molar-refractivity contribution in [2.45, 2.75) is 11.8 Å². The summed E-state index contributed by atoms with van der Waals surface area (Å²) in [6, 6.07) is 6.35. The Bertz CT molecular complexity index is 588. The summed E-state index contributed by atoms with van der Waals surface area (Å²) in [4.78, 5) is 3.61. The van der Waals surface area contributed by atoms with Crippen LogP contribution >= 0.6 is 11.8 Å². The van der Waals surface area contributed by atoms with Gasteiger partial charge in [0.1, 0.15) is 0 Å². The molecule has 1 aliphatic rings. The van der Waals surface area contributed by atoms with Gasteiger partial charge in [-0.15, -0.1) is 4.40 Å². The number of sulfonamides is 1. The standard InChI is InChI=1S/C10H10N2O3S2/c1-7-2-4-8(5-3-7)17(14,15)12-10-11-9(13)6-16-10/h2-5H,6H2,1H3,(H,11,12,13)/p-1. The van der Waals surface area contributed by atoms with E-state index in [9.17, 15) is 13.5 Å². The Balaban J connectivity index is 2.35. The number of aliphatic imine (C=N–C) groups is 1. The maximum absolute atomic E-state index is 11.8. The van der Waals surface area contributed by atoms with Gasteiger partial charge in [0.2, 0.25) is 0 Å². The van der Waals surface area contributed by atoms with Gasteiger partial charge in [-0.3, -0.25) is 0 Å². The van der Waals surface area contributed by atoms with Crippen molar-refractivity contribution in [1.82, 2.24) is 0 Å². The van der Waals surface area contributed by atoms with Crippen LogP contribution in [0.1, 0.15) is 5.56 Å². The molecule has 0 saturated carbocycles. The van der Waals surface area contributed by atoms with E-state index < -0.39 is 10.0 Å². The lowest BCUT2D eigenvalue weighted by Crippen LogP contribution is -2.16. The van der Waals surface area contributed by atoms with Crippen molar-refractivity contribution in [3.63, 3.8) is 0 Å². The van der Waals surface area contributed by atoms with Crippen LogP contribution in [-0.4, -0.2) is 25.2 Å². The van der Waals surface area contributed by atoms with Gasteiger partial charge < -0.3 is 5.11 Å². The Hall–Kier alpha value is -1.34. The SMILES string of the molecule is Cc1ccc(S(=O)(=O)N=C2N=C([O-])CS2)cc1. The van der Waals surface area contributed by atoms with Crippen LogP contribution in [0.25, 0.3) is 0 Å². The number of benzene rings is 1. The highest BCUT2D eigenvalue weighted by molar-refractivity contribution is 8.15. The third-order valence-corrected chi connectivity index (χ3v) is 4.29. The zero-order chi connectivity index (χ0) is 12.5. The van der Waals surface area contributed by atoms with Crippen LogP contribution < -0.4 is 5.11 Å². The first-order chi connectivity index (χ1) is 7.97. The molecule has 1 heterocycles. The lowest BCUT2D eigenvalue weighted by atomic mass is 10.2. The summed E-state index contributed by atoms with van der Waals surface area (Å²) in [6.07, 6.45) is 0. The maximum atomic E-state index is 11.8. The van der Waals surface area contributed by atoms with Crippen molar-refractivity contribution in [2.75, 3.05) is 5.75 Å². The molecule has 17 heavy (non-hydrogen) atoms. The zero-order valence-corrected chi connectivity index (χ0v) is 10.6. The van der Waals surface area contributed by atoms with Gasteiger partial charge in [0.05, 0.1) is 4.90 Å². The molecule has 1 aromatic carbocycles. The molecule has 0 fully saturated rings. The summed E-state index contributed by atoms with van der Waals surface area (Å²) >= 11 is 1.03. The highest BCUT2D eigenvalue weighted by Gasteiger charge is 2.16. The van der Waals surface area contributed by atoms with Crippen molar-refractivity contribution in [3.05, 3.63) is 29.8 Å². The molecule has 0 saturated heterocycles. The molecular weight excluding hydrogens is 260 g/mol. The fraction of sp³-hybridized carbons (Fsp3) is 0.200. The van der Waals surface area contributed by atoms with Gasteiger partial charge in [-0.1, -0.05) is 29.5 Å². The fourth-order valence-corrected chi connectivity index (χ4v) is 3.03. The van der Waals surface area contributed by atoms with Gasteiger partial charge in [-0.2, -0.15) is 8.42 Å². The van der Waals surface area contributed by atoms with Crippen molar-refractivity contribution in [3.8, 4) is 0 Å². The molecule has 0 atom stereocenters. The summed E-state index contributed by atoms with van der Waals surface area (Å²) in [7, 11) is -3.76. The molecule has 90 valence electrons. The monoisotopic (exact) mass is 269 g/mol. The Kier molecular flexibility index (Phi) is 3.21. The van der Waals surface area contributed by atoms with Crippen LogP contribution in [0, 0.1) is 6.92 Å². The normalized spacial score (nSPS) is 18.4. The van der Waals surface area contributed by atoms with E-state index in [1.54, 1.807) is 12.1 Å². The third-order valence-electron chi connectivity index (χ3n) is 2.06. The van der Waals surface area contributed by atoms with E-state index in [0.717, 1.165) is 17.3 Å². The smallest absolute Gasteiger partial charge is 0.284 e. The van der Waals surface area contributed by atoms with Crippen molar-refractivity contribution < 1.29 is 13.5 Å². The summed E-state index contributed by atoms with van der Waals surface area (Å²) in [5.74, 6) is -0.199. The molecule has 1 aliphatic heterocycles. The predicted molar refractivity (Wildman–Crippen MR) is 65.7 cm³/mol. The van der Waals surface area contributed by atoms with E-state index in [4.69, 9.17) is 0 Å². The van der Waals surface area contributed by atoms with E-state index >= 15 is 0 Å². The van der Waals surface area contributed by atoms with Crippen LogP contribution in [0.5, 0.6) is 0 Å². The minimum absolute atomic E-state index is 0.00979. The molecule has 0 aromatic heterocycles. The first-order valence-electron chi connectivity index (χ1n) is 4.76. The number of thioether (sulfide) groups is 1. The second-order valence-corrected chi connectivity index (χ2v) is 6.00. The minimum Gasteiger partial charge on any atom is -0.861 e. The predicted octanol–water partition coefficient (Wildman–Crippen LogP) is 0.545. The van der Waals surface area contributed by atoms with Crippen molar-refractivity contribution in [2.24, 2.45) is 9.39 Å². The lowest BCUT2D eigenvalue weighted by Gasteiger charge is -1.99. The molecule has 0 spiro atoms. The summed E-state index contributed by atoms with van der Waals surface area (Å²) in [6.45, 7) is 1.86. The quantitative estimate of drug-likeness (QED) is 0.785. The van der Waals surface area contributed by atoms with Crippen LogP contribution in [0.2, 0.25) is 0 Å². The first kappa shape index (κ1) is 12.1. The Morgan fingerprint density at radius 1 is 1.35 bits per heavy atom. The fourth-order valence-electron chi connectivity index (χ4n) is 1.21. The third kappa shape index (κ3) is 2.86. The van der Waals surface area contributed by atoms with Gasteiger partial charge >= 0.3 is 0 Å². The number of nitrogens with zero attached hydrogens (tertiary/aromatic N) is 2. The molecule has 0 aliphatic carbocycles. The van der Waals surface area contributed by atoms with Crippen molar-refractivity contribution >= 4 is 32.9 Å². The molecule has 1 aromatic rings. The van der Waals surface area contributed by atoms with E-state index in [1.165, 1.54) is 12.1 Å². The Morgan fingerprint density at radius 3 is 2.53 bits per heavy atom. The molecule has 0 amide bonds. The summed E-state index contributed by atoms with van der Waals surface area (Å²) in [5, 5.41) is 10.9. The van der Waals surface area contributed by atoms with E-state index in [-0.39, 0.29) is 21.7 Å². The van der Waals surface area contributed by atoms with E-state index in [2.05, 4.69) is 9.39 Å². The van der Waals surface area contributed by atoms with Gasteiger partial charge in [-0.25, -0.2) is 4.99 Å². The lowest BCUT2D eigenvalue weighted by molar-refractivity contribution is -0.214. The van der Waals surface area contributed by atoms with Gasteiger partial charge in [0, 0.05) is 5.75 Å². The molecule has 0 unspecified atom stereocenters. The number of hydrogen-bond donors (Lipinski definition) is 0. The average Bonchev–Trinajstić information content (AvgIpc) is 2.63. The van der Waals surface area contributed by atoms with Gasteiger partial charge in [0.15, 0.2) is 5.17 Å². The van der Waals surface area contributed by atoms with Crippen LogP contribution in [0.4, 0.5) is 0 Å². The second kappa shape index (κ2) is 4.50. The van der Waals surface area contributed by atoms with Crippen LogP contribution in [0.3, 0.4) is 0 Å². The van der Waals surface area contributed by atoms with Crippen LogP contribution in [0.15, 0.2) is 38.6 Å². The van der Waals surface area contributed by atoms with E-state index in [0.29, 0.717) is 0 Å². The summed E-state index contributed by atoms with van der Waals surface area (Å²) < 4.78 is 27.2. The number of aryl methyl sites for hydroxylation is 1. The number of amidine groups is 1. The van der Waals surface area contributed by atoms with Gasteiger partial charge in [-0.05, 0) is 25.0 Å². The minimum atomic E-state index is -3.76. The first-order valence-corrected chi connectivity index (χ1v) is 7.19. The molecule has 5 nitrogen and oxygen atoms in total. The Morgan fingerprint density at radius 2 is 2.00 bits per heavy atom. The highest BCUT2D eigenvalue weighted by atomic mass is 32.2. The molecule has 7 heteroatoms. The topological polar surface area (TPSA) is 81.9 Å². The molecular formula is C10H9N2O3S2-. The number of hydrogen-bond acceptors (Lipinski definition) is 4. The molecule has 0 radical (unpaired) electrons. The summed E-state index contributed by atoms with van der Waals surface area (Å²) in [5.41, 5.74) is 0.965. The second-order valence-electron chi connectivity index (χ2n) is 3.46. The van der Waals surface area contributed by atoms with E-state index in [1.807, 2.05) is 6.92 Å². The zero-order valence-electron chi connectivity index (χ0n) is 8.95. The average molecular weight is 269 g/mol. The molecule has 0 N–H and O–H groups in total. The van der Waals surface area contributed by atoms with Crippen LogP contribution in [-0.2, 0) is 10.0 Å². The molecule has 0 bridgehead atoms. The number of rotatable bonds is 2. The largest absolute Gasteiger partial charge is 0.861 e.